The average molecular weight is 826 g/mol. The van der Waals surface area contributed by atoms with Crippen LogP contribution in [0.1, 0.15) is 85.0 Å². The van der Waals surface area contributed by atoms with Crippen LogP contribution in [0.5, 0.6) is 0 Å². The summed E-state index contributed by atoms with van der Waals surface area (Å²) in [5.74, 6) is -6.21. The molecular formula is C42H57F2N7O8. The van der Waals surface area contributed by atoms with Crippen molar-refractivity contribution in [1.82, 2.24) is 25.4 Å². The third kappa shape index (κ3) is 14.6. The minimum atomic E-state index is -1.52. The van der Waals surface area contributed by atoms with Crippen molar-refractivity contribution >= 4 is 35.5 Å². The summed E-state index contributed by atoms with van der Waals surface area (Å²) in [6, 6.07) is 9.45. The van der Waals surface area contributed by atoms with Gasteiger partial charge in [0.2, 0.25) is 29.5 Å². The summed E-state index contributed by atoms with van der Waals surface area (Å²) >= 11 is 0. The Kier molecular flexibility index (Phi) is 16.8. The van der Waals surface area contributed by atoms with Crippen LogP contribution in [0.3, 0.4) is 0 Å². The van der Waals surface area contributed by atoms with Crippen molar-refractivity contribution in [2.75, 3.05) is 19.7 Å². The molecule has 0 bridgehead atoms. The molecule has 0 aliphatic rings. The van der Waals surface area contributed by atoms with Crippen LogP contribution in [0.25, 0.3) is 11.1 Å². The summed E-state index contributed by atoms with van der Waals surface area (Å²) in [5.41, 5.74) is 11.3. The number of amides is 5. The van der Waals surface area contributed by atoms with Crippen LogP contribution in [0.4, 0.5) is 8.78 Å². The zero-order valence-corrected chi connectivity index (χ0v) is 34.6. The van der Waals surface area contributed by atoms with Gasteiger partial charge in [0.05, 0.1) is 24.9 Å². The molecule has 15 nitrogen and oxygen atoms in total. The number of carbonyl (C=O) groups is 6. The van der Waals surface area contributed by atoms with Gasteiger partial charge in [-0.25, -0.2) is 8.78 Å². The number of esters is 1. The van der Waals surface area contributed by atoms with Gasteiger partial charge in [-0.15, -0.1) is 0 Å². The first-order valence-corrected chi connectivity index (χ1v) is 19.2. The monoisotopic (exact) mass is 825 g/mol. The molecule has 0 fully saturated rings. The lowest BCUT2D eigenvalue weighted by Gasteiger charge is -2.41. The maximum atomic E-state index is 15.1. The molecule has 5 amide bonds. The van der Waals surface area contributed by atoms with Crippen LogP contribution in [-0.2, 0) is 40.0 Å². The normalized spacial score (nSPS) is 13.7. The number of rotatable bonds is 19. The van der Waals surface area contributed by atoms with E-state index in [1.165, 1.54) is 11.8 Å². The molecule has 0 aliphatic heterocycles. The number of nitrogens with one attached hydrogen (secondary N) is 3. The first-order valence-electron chi connectivity index (χ1n) is 19.2. The van der Waals surface area contributed by atoms with Crippen LogP contribution in [0, 0.1) is 17.0 Å². The third-order valence-corrected chi connectivity index (χ3v) is 8.98. The van der Waals surface area contributed by atoms with Gasteiger partial charge in [-0.1, -0.05) is 51.1 Å². The number of aliphatic hydroxyl groups excluding tert-OH is 1. The Balaban J connectivity index is 1.88. The summed E-state index contributed by atoms with van der Waals surface area (Å²) in [6.07, 6.45) is 0.571. The number of hydrogen-bond acceptors (Lipinski definition) is 9. The molecule has 3 rings (SSSR count). The van der Waals surface area contributed by atoms with Crippen molar-refractivity contribution in [2.24, 2.45) is 16.9 Å². The van der Waals surface area contributed by atoms with Crippen molar-refractivity contribution in [3.63, 3.8) is 0 Å². The highest BCUT2D eigenvalue weighted by Crippen LogP contribution is 2.41. The second kappa shape index (κ2) is 20.8. The number of benzene rings is 2. The number of halogens is 2. The molecular weight excluding hydrogens is 768 g/mol. The molecule has 0 aliphatic carbocycles. The van der Waals surface area contributed by atoms with Gasteiger partial charge in [0.1, 0.15) is 35.9 Å². The van der Waals surface area contributed by atoms with Crippen LogP contribution in [0.2, 0.25) is 0 Å². The molecule has 0 spiro atoms. The van der Waals surface area contributed by atoms with Gasteiger partial charge in [-0.2, -0.15) is 0 Å². The van der Waals surface area contributed by atoms with E-state index in [2.05, 4.69) is 16.0 Å². The molecule has 8 N–H and O–H groups in total. The first kappa shape index (κ1) is 47.7. The molecule has 0 saturated heterocycles. The van der Waals surface area contributed by atoms with Crippen molar-refractivity contribution in [3.8, 4) is 11.1 Å². The minimum Gasteiger partial charge on any atom is -0.460 e. The summed E-state index contributed by atoms with van der Waals surface area (Å²) in [6.45, 7) is 11.3. The number of primary amides is 1. The van der Waals surface area contributed by atoms with E-state index in [9.17, 15) is 38.3 Å². The average Bonchev–Trinajstić information content (AvgIpc) is 3.53. The molecule has 0 saturated carbocycles. The number of nitrogens with two attached hydrogens (primary N) is 2. The second-order valence-electron chi connectivity index (χ2n) is 16.4. The van der Waals surface area contributed by atoms with Gasteiger partial charge in [-0.05, 0) is 69.4 Å². The van der Waals surface area contributed by atoms with Crippen LogP contribution in [0.15, 0.2) is 60.8 Å². The number of nitrogens with zero attached hydrogens (tertiary/aromatic N) is 2. The largest absolute Gasteiger partial charge is 0.460 e. The summed E-state index contributed by atoms with van der Waals surface area (Å²) < 4.78 is 36.6. The predicted molar refractivity (Wildman–Crippen MR) is 216 cm³/mol. The summed E-state index contributed by atoms with van der Waals surface area (Å²) in [5, 5.41) is 17.5. The molecule has 1 aromatic heterocycles. The Morgan fingerprint density at radius 1 is 0.881 bits per heavy atom. The van der Waals surface area contributed by atoms with Crippen molar-refractivity contribution in [3.05, 3.63) is 83.7 Å². The van der Waals surface area contributed by atoms with E-state index in [-0.39, 0.29) is 25.1 Å². The number of aromatic nitrogens is 1. The van der Waals surface area contributed by atoms with E-state index in [0.717, 1.165) is 23.8 Å². The van der Waals surface area contributed by atoms with E-state index in [0.29, 0.717) is 17.8 Å². The van der Waals surface area contributed by atoms with Crippen molar-refractivity contribution in [1.29, 1.82) is 0 Å². The van der Waals surface area contributed by atoms with Gasteiger partial charge in [0.15, 0.2) is 0 Å². The molecule has 17 heteroatoms. The summed E-state index contributed by atoms with van der Waals surface area (Å²) in [7, 11) is 0. The lowest BCUT2D eigenvalue weighted by molar-refractivity contribution is -0.156. The Hall–Kier alpha value is -5.68. The highest BCUT2D eigenvalue weighted by Gasteiger charge is 2.37. The molecule has 0 unspecified atom stereocenters. The Morgan fingerprint density at radius 2 is 1.51 bits per heavy atom. The van der Waals surface area contributed by atoms with Gasteiger partial charge in [0, 0.05) is 42.7 Å². The van der Waals surface area contributed by atoms with E-state index in [1.54, 1.807) is 33.0 Å². The third-order valence-electron chi connectivity index (χ3n) is 8.98. The van der Waals surface area contributed by atoms with E-state index >= 15 is 4.39 Å². The number of carbonyl (C=O) groups excluding carboxylic acids is 6. The fourth-order valence-corrected chi connectivity index (χ4v) is 6.43. The fraction of sp³-hybridized carbons (Fsp3) is 0.476. The Labute approximate surface area is 343 Å². The highest BCUT2D eigenvalue weighted by atomic mass is 19.1. The minimum absolute atomic E-state index is 0.00407. The quantitative estimate of drug-likeness (QED) is 0.0771. The smallest absolute Gasteiger partial charge is 0.308 e. The maximum Gasteiger partial charge on any atom is 0.308 e. The zero-order chi connectivity index (χ0) is 44.2. The summed E-state index contributed by atoms with van der Waals surface area (Å²) in [4.78, 5) is 78.8. The van der Waals surface area contributed by atoms with Gasteiger partial charge in [0.25, 0.3) is 0 Å². The molecule has 4 atom stereocenters. The Bertz CT molecular complexity index is 1960. The number of ether oxygens (including phenoxy) is 1. The topological polar surface area (TPSA) is 228 Å². The van der Waals surface area contributed by atoms with Gasteiger partial charge < -0.3 is 46.7 Å². The van der Waals surface area contributed by atoms with Crippen molar-refractivity contribution in [2.45, 2.75) is 104 Å². The fourth-order valence-electron chi connectivity index (χ4n) is 6.43. The highest BCUT2D eigenvalue weighted by molar-refractivity contribution is 5.96. The molecule has 0 radical (unpaired) electrons. The molecule has 1 heterocycles. The molecule has 3 aromatic rings. The lowest BCUT2D eigenvalue weighted by Crippen LogP contribution is -2.56. The lowest BCUT2D eigenvalue weighted by atomic mass is 9.83. The van der Waals surface area contributed by atoms with Gasteiger partial charge in [-0.3, -0.25) is 28.8 Å². The second-order valence-corrected chi connectivity index (χ2v) is 16.4. The van der Waals surface area contributed by atoms with E-state index in [1.807, 2.05) is 55.7 Å². The van der Waals surface area contributed by atoms with Crippen LogP contribution < -0.4 is 27.4 Å². The number of aliphatic hydroxyl groups is 1. The standard InChI is InChI=1S/C42H57F2N7O8/c1-25(45)38(56)48-32(21-36(55)59-42(5,6)7)40(58)49-31(20-34(46)53)39(57)47-16-11-17-51(35(54)24-52)37(41(2,3)4)33-18-27(29-19-28(43)14-15-30(29)44)23-50(33)22-26-12-9-8-10-13-26/h8-10,12-15,18-19,23,25,31-32,37,52H,11,16-17,20-22,24,45H2,1-7H3,(H2,46,53)(H,47,57)(H,48,56)(H,49,58)/t25-,31-,32+,37-/m0/s1. The zero-order valence-electron chi connectivity index (χ0n) is 34.6. The maximum absolute atomic E-state index is 15.1. The van der Waals surface area contributed by atoms with Crippen molar-refractivity contribution < 1.29 is 47.4 Å². The first-order chi connectivity index (χ1) is 27.5. The van der Waals surface area contributed by atoms with E-state index in [4.69, 9.17) is 16.2 Å². The van der Waals surface area contributed by atoms with E-state index < -0.39 is 102 Å². The molecule has 59 heavy (non-hydrogen) atoms. The SMILES string of the molecule is C[C@H](N)C(=O)N[C@H](CC(=O)OC(C)(C)C)C(=O)N[C@@H](CC(N)=O)C(=O)NCCCN(C(=O)CO)[C@@H](c1cc(-c2cc(F)ccc2F)cn1Cc1ccccc1)C(C)(C)C. The molecule has 322 valence electrons. The van der Waals surface area contributed by atoms with Crippen LogP contribution >= 0.6 is 0 Å². The van der Waals surface area contributed by atoms with Gasteiger partial charge >= 0.3 is 5.97 Å². The van der Waals surface area contributed by atoms with Crippen LogP contribution in [-0.4, -0.2) is 93.5 Å². The Morgan fingerprint density at radius 3 is 2.08 bits per heavy atom. The molecule has 2 aromatic carbocycles. The predicted octanol–water partition coefficient (Wildman–Crippen LogP) is 2.82. The number of hydrogen-bond donors (Lipinski definition) is 6.